The monoisotopic (exact) mass is 419 g/mol. The number of carbonyl (C=O) groups is 1. The molecular formula is C22H26ClNO5. The normalized spacial score (nSPS) is 17.0. The van der Waals surface area contributed by atoms with Crippen LogP contribution in [0.3, 0.4) is 0 Å². The number of aromatic hydroxyl groups is 1. The fourth-order valence-electron chi connectivity index (χ4n) is 3.75. The van der Waals surface area contributed by atoms with Crippen LogP contribution in [0.1, 0.15) is 28.8 Å². The molecule has 0 amide bonds. The summed E-state index contributed by atoms with van der Waals surface area (Å²) in [4.78, 5) is 15.3. The summed E-state index contributed by atoms with van der Waals surface area (Å²) in [5.41, 5.74) is 1.49. The average molecular weight is 420 g/mol. The highest BCUT2D eigenvalue weighted by Crippen LogP contribution is 2.34. The molecule has 1 saturated heterocycles. The molecule has 1 aliphatic heterocycles. The van der Waals surface area contributed by atoms with E-state index < -0.39 is 0 Å². The molecule has 0 radical (unpaired) electrons. The Balaban J connectivity index is 1.73. The molecule has 0 saturated carbocycles. The van der Waals surface area contributed by atoms with Gasteiger partial charge in [0.25, 0.3) is 0 Å². The number of Topliss-reactive ketones (excluding diaryl/α,β-unsaturated/α-hetero) is 1. The van der Waals surface area contributed by atoms with Gasteiger partial charge in [-0.1, -0.05) is 11.6 Å². The van der Waals surface area contributed by atoms with Crippen LogP contribution in [-0.4, -0.2) is 50.2 Å². The maximum absolute atomic E-state index is 13.1. The van der Waals surface area contributed by atoms with E-state index in [1.165, 1.54) is 13.2 Å². The fraction of sp³-hybridized carbons (Fsp3) is 0.409. The van der Waals surface area contributed by atoms with Crippen LogP contribution in [0.15, 0.2) is 30.3 Å². The molecule has 29 heavy (non-hydrogen) atoms. The summed E-state index contributed by atoms with van der Waals surface area (Å²) >= 11 is 6.30. The number of rotatable bonds is 7. The number of phenols is 1. The minimum atomic E-state index is -0.0976. The van der Waals surface area contributed by atoms with Gasteiger partial charge in [0.15, 0.2) is 28.8 Å². The third-order valence-corrected chi connectivity index (χ3v) is 5.64. The van der Waals surface area contributed by atoms with Gasteiger partial charge in [-0.25, -0.2) is 0 Å². The molecule has 3 rings (SSSR count). The van der Waals surface area contributed by atoms with E-state index in [1.54, 1.807) is 38.5 Å². The van der Waals surface area contributed by atoms with Crippen LogP contribution >= 0.6 is 11.6 Å². The molecular weight excluding hydrogens is 394 g/mol. The molecule has 1 N–H and O–H groups in total. The number of ketones is 1. The zero-order valence-electron chi connectivity index (χ0n) is 16.9. The molecule has 0 unspecified atom stereocenters. The lowest BCUT2D eigenvalue weighted by Crippen LogP contribution is -2.38. The summed E-state index contributed by atoms with van der Waals surface area (Å²) in [5, 5.41) is 10.3. The lowest BCUT2D eigenvalue weighted by molar-refractivity contribution is 0.0811. The van der Waals surface area contributed by atoms with Crippen molar-refractivity contribution >= 4 is 17.4 Å². The molecule has 1 fully saturated rings. The SMILES string of the molecule is COc1cc(CN2CCC[C@H](C(=O)c3ccc(OC)c(OC)c3)C2)c(Cl)cc1O. The summed E-state index contributed by atoms with van der Waals surface area (Å²) in [7, 11) is 4.64. The number of benzene rings is 2. The molecule has 1 aliphatic rings. The third-order valence-electron chi connectivity index (χ3n) is 5.29. The highest BCUT2D eigenvalue weighted by molar-refractivity contribution is 6.31. The predicted molar refractivity (Wildman–Crippen MR) is 112 cm³/mol. The van der Waals surface area contributed by atoms with Gasteiger partial charge in [-0.05, 0) is 49.2 Å². The van der Waals surface area contributed by atoms with Crippen LogP contribution in [-0.2, 0) is 6.54 Å². The van der Waals surface area contributed by atoms with Crippen molar-refractivity contribution in [1.29, 1.82) is 0 Å². The van der Waals surface area contributed by atoms with Crippen molar-refractivity contribution in [2.45, 2.75) is 19.4 Å². The Morgan fingerprint density at radius 1 is 1.10 bits per heavy atom. The van der Waals surface area contributed by atoms with Crippen LogP contribution in [0.2, 0.25) is 5.02 Å². The van der Waals surface area contributed by atoms with Crippen molar-refractivity contribution < 1.29 is 24.1 Å². The molecule has 0 aliphatic carbocycles. The van der Waals surface area contributed by atoms with Crippen LogP contribution in [0.25, 0.3) is 0 Å². The summed E-state index contributed by atoms with van der Waals surface area (Å²) < 4.78 is 15.8. The van der Waals surface area contributed by atoms with Gasteiger partial charge in [0.1, 0.15) is 0 Å². The Bertz CT molecular complexity index is 886. The standard InChI is InChI=1S/C22H26ClNO5/c1-27-19-7-6-14(9-21(19)29-3)22(26)15-5-4-8-24(12-15)13-16-10-20(28-2)18(25)11-17(16)23/h6-7,9-11,15,25H,4-5,8,12-13H2,1-3H3/t15-/m0/s1. The van der Waals surface area contributed by atoms with E-state index in [0.717, 1.165) is 24.9 Å². The Labute approximate surface area is 175 Å². The zero-order chi connectivity index (χ0) is 21.0. The molecule has 0 spiro atoms. The van der Waals surface area contributed by atoms with Gasteiger partial charge in [0.2, 0.25) is 0 Å². The zero-order valence-corrected chi connectivity index (χ0v) is 17.7. The maximum Gasteiger partial charge on any atom is 0.167 e. The Morgan fingerprint density at radius 2 is 1.83 bits per heavy atom. The Kier molecular flexibility index (Phi) is 6.87. The quantitative estimate of drug-likeness (QED) is 0.679. The number of halogens is 1. The molecule has 1 atom stereocenters. The summed E-state index contributed by atoms with van der Waals surface area (Å²) in [6, 6.07) is 8.52. The van der Waals surface area contributed by atoms with Crippen molar-refractivity contribution in [3.8, 4) is 23.0 Å². The first kappa shape index (κ1) is 21.3. The van der Waals surface area contributed by atoms with Crippen LogP contribution in [0, 0.1) is 5.92 Å². The number of phenolic OH excluding ortho intramolecular Hbond substituents is 1. The fourth-order valence-corrected chi connectivity index (χ4v) is 3.97. The van der Waals surface area contributed by atoms with Gasteiger partial charge in [-0.15, -0.1) is 0 Å². The number of nitrogens with zero attached hydrogens (tertiary/aromatic N) is 1. The van der Waals surface area contributed by atoms with Crippen LogP contribution < -0.4 is 14.2 Å². The first-order valence-corrected chi connectivity index (χ1v) is 9.88. The molecule has 2 aromatic carbocycles. The minimum Gasteiger partial charge on any atom is -0.504 e. The van der Waals surface area contributed by atoms with Gasteiger partial charge < -0.3 is 19.3 Å². The second kappa shape index (κ2) is 9.37. The predicted octanol–water partition coefficient (Wildman–Crippen LogP) is 4.17. The molecule has 156 valence electrons. The third kappa shape index (κ3) is 4.77. The van der Waals surface area contributed by atoms with Crippen molar-refractivity contribution in [2.24, 2.45) is 5.92 Å². The molecule has 0 aromatic heterocycles. The highest BCUT2D eigenvalue weighted by atomic mass is 35.5. The number of carbonyl (C=O) groups excluding carboxylic acids is 1. The summed E-state index contributed by atoms with van der Waals surface area (Å²) in [6.07, 6.45) is 1.77. The van der Waals surface area contributed by atoms with Gasteiger partial charge in [-0.2, -0.15) is 0 Å². The summed E-state index contributed by atoms with van der Waals surface area (Å²) in [5.74, 6) is 1.56. The lowest BCUT2D eigenvalue weighted by Gasteiger charge is -2.32. The number of ether oxygens (including phenoxy) is 3. The van der Waals surface area contributed by atoms with Gasteiger partial charge in [0.05, 0.1) is 21.3 Å². The molecule has 2 aromatic rings. The van der Waals surface area contributed by atoms with Gasteiger partial charge >= 0.3 is 0 Å². The van der Waals surface area contributed by atoms with Crippen molar-refractivity contribution in [2.75, 3.05) is 34.4 Å². The topological polar surface area (TPSA) is 68.2 Å². The number of methoxy groups -OCH3 is 3. The molecule has 1 heterocycles. The van der Waals surface area contributed by atoms with Gasteiger partial charge in [-0.3, -0.25) is 9.69 Å². The van der Waals surface area contributed by atoms with Crippen molar-refractivity contribution in [1.82, 2.24) is 4.90 Å². The van der Waals surface area contributed by atoms with Crippen molar-refractivity contribution in [3.05, 3.63) is 46.5 Å². The largest absolute Gasteiger partial charge is 0.504 e. The van der Waals surface area contributed by atoms with E-state index in [4.69, 9.17) is 25.8 Å². The average Bonchev–Trinajstić information content (AvgIpc) is 2.74. The van der Waals surface area contributed by atoms with Crippen LogP contribution in [0.4, 0.5) is 0 Å². The summed E-state index contributed by atoms with van der Waals surface area (Å²) in [6.45, 7) is 2.12. The van der Waals surface area contributed by atoms with E-state index in [1.807, 2.05) is 0 Å². The Hall–Kier alpha value is -2.44. The second-order valence-corrected chi connectivity index (χ2v) is 7.53. The van der Waals surface area contributed by atoms with Crippen LogP contribution in [0.5, 0.6) is 23.0 Å². The first-order valence-electron chi connectivity index (χ1n) is 9.50. The molecule has 0 bridgehead atoms. The Morgan fingerprint density at radius 3 is 2.52 bits per heavy atom. The number of likely N-dealkylation sites (tertiary alicyclic amines) is 1. The van der Waals surface area contributed by atoms with E-state index >= 15 is 0 Å². The van der Waals surface area contributed by atoms with E-state index in [-0.39, 0.29) is 17.5 Å². The smallest absolute Gasteiger partial charge is 0.167 e. The number of piperidine rings is 1. The number of hydrogen-bond donors (Lipinski definition) is 1. The van der Waals surface area contributed by atoms with E-state index in [9.17, 15) is 9.90 Å². The first-order chi connectivity index (χ1) is 14.0. The second-order valence-electron chi connectivity index (χ2n) is 7.12. The molecule has 7 heteroatoms. The van der Waals surface area contributed by atoms with E-state index in [2.05, 4.69) is 4.90 Å². The molecule has 6 nitrogen and oxygen atoms in total. The van der Waals surface area contributed by atoms with Gasteiger partial charge in [0, 0.05) is 35.7 Å². The highest BCUT2D eigenvalue weighted by Gasteiger charge is 2.27. The maximum atomic E-state index is 13.1. The van der Waals surface area contributed by atoms with E-state index in [0.29, 0.717) is 40.9 Å². The number of hydrogen-bond acceptors (Lipinski definition) is 6. The minimum absolute atomic E-state index is 0.0152. The lowest BCUT2D eigenvalue weighted by atomic mass is 9.89. The van der Waals surface area contributed by atoms with Crippen molar-refractivity contribution in [3.63, 3.8) is 0 Å².